The normalized spacial score (nSPS) is 20.2. The molecule has 1 fully saturated rings. The van der Waals surface area contributed by atoms with Crippen molar-refractivity contribution in [3.63, 3.8) is 0 Å². The number of sulfonamides is 1. The molecule has 2 aromatic rings. The first kappa shape index (κ1) is 19.4. The van der Waals surface area contributed by atoms with Crippen LogP contribution < -0.4 is 10.1 Å². The van der Waals surface area contributed by atoms with E-state index >= 15 is 0 Å². The molecule has 1 aromatic carbocycles. The van der Waals surface area contributed by atoms with Gasteiger partial charge >= 0.3 is 0 Å². The van der Waals surface area contributed by atoms with Crippen molar-refractivity contribution in [3.8, 4) is 5.75 Å². The third-order valence-corrected chi connectivity index (χ3v) is 8.63. The SMILES string of the molecule is O=C(Cc1ccc(S(=O)(=O)N2CCCCC2)s1)NC1CCOc2ccccc21. The number of rotatable bonds is 5. The average Bonchev–Trinajstić information content (AvgIpc) is 3.18. The van der Waals surface area contributed by atoms with Crippen molar-refractivity contribution < 1.29 is 17.9 Å². The minimum atomic E-state index is -3.44. The van der Waals surface area contributed by atoms with Crippen molar-refractivity contribution in [1.29, 1.82) is 0 Å². The van der Waals surface area contributed by atoms with Crippen LogP contribution in [0.3, 0.4) is 0 Å². The molecule has 2 aliphatic heterocycles. The van der Waals surface area contributed by atoms with Crippen molar-refractivity contribution in [1.82, 2.24) is 9.62 Å². The van der Waals surface area contributed by atoms with E-state index in [0.29, 0.717) is 23.9 Å². The van der Waals surface area contributed by atoms with Gasteiger partial charge in [-0.3, -0.25) is 4.79 Å². The summed E-state index contributed by atoms with van der Waals surface area (Å²) in [6, 6.07) is 11.0. The number of hydrogen-bond acceptors (Lipinski definition) is 5. The smallest absolute Gasteiger partial charge is 0.252 e. The first-order chi connectivity index (χ1) is 13.5. The van der Waals surface area contributed by atoms with Crippen LogP contribution in [0.5, 0.6) is 5.75 Å². The van der Waals surface area contributed by atoms with Crippen LogP contribution in [0, 0.1) is 0 Å². The molecular formula is C20H24N2O4S2. The van der Waals surface area contributed by atoms with Gasteiger partial charge in [0.15, 0.2) is 0 Å². The minimum absolute atomic E-state index is 0.0750. The molecule has 0 spiro atoms. The number of para-hydroxylation sites is 1. The molecule has 1 unspecified atom stereocenters. The Morgan fingerprint density at radius 3 is 2.75 bits per heavy atom. The molecule has 1 amide bonds. The predicted octanol–water partition coefficient (Wildman–Crippen LogP) is 3.11. The van der Waals surface area contributed by atoms with Crippen LogP contribution in [-0.4, -0.2) is 38.3 Å². The van der Waals surface area contributed by atoms with E-state index in [1.54, 1.807) is 16.4 Å². The molecule has 0 bridgehead atoms. The highest BCUT2D eigenvalue weighted by atomic mass is 32.2. The highest BCUT2D eigenvalue weighted by Crippen LogP contribution is 2.32. The number of thiophene rings is 1. The Bertz CT molecular complexity index is 949. The molecule has 150 valence electrons. The molecule has 4 rings (SSSR count). The van der Waals surface area contributed by atoms with Crippen LogP contribution >= 0.6 is 11.3 Å². The van der Waals surface area contributed by atoms with Gasteiger partial charge in [-0.1, -0.05) is 24.6 Å². The molecule has 28 heavy (non-hydrogen) atoms. The van der Waals surface area contributed by atoms with E-state index in [9.17, 15) is 13.2 Å². The first-order valence-electron chi connectivity index (χ1n) is 9.64. The summed E-state index contributed by atoms with van der Waals surface area (Å²) < 4.78 is 33.0. The fraction of sp³-hybridized carbons (Fsp3) is 0.450. The molecule has 2 aliphatic rings. The lowest BCUT2D eigenvalue weighted by atomic mass is 10.0. The molecule has 1 saturated heterocycles. The third-order valence-electron chi connectivity index (χ3n) is 5.17. The van der Waals surface area contributed by atoms with E-state index in [1.165, 1.54) is 11.3 Å². The van der Waals surface area contributed by atoms with Gasteiger partial charge < -0.3 is 10.1 Å². The largest absolute Gasteiger partial charge is 0.493 e. The summed E-state index contributed by atoms with van der Waals surface area (Å²) in [5.74, 6) is 0.704. The summed E-state index contributed by atoms with van der Waals surface area (Å²) in [4.78, 5) is 13.3. The summed E-state index contributed by atoms with van der Waals surface area (Å²) in [6.45, 7) is 1.73. The number of nitrogens with zero attached hydrogens (tertiary/aromatic N) is 1. The number of piperidine rings is 1. The van der Waals surface area contributed by atoms with Gasteiger partial charge in [-0.15, -0.1) is 11.3 Å². The Labute approximate surface area is 169 Å². The van der Waals surface area contributed by atoms with Gasteiger partial charge in [-0.05, 0) is 31.0 Å². The van der Waals surface area contributed by atoms with E-state index in [-0.39, 0.29) is 18.4 Å². The Kier molecular flexibility index (Phi) is 5.70. The number of benzene rings is 1. The van der Waals surface area contributed by atoms with Gasteiger partial charge in [0.25, 0.3) is 10.0 Å². The van der Waals surface area contributed by atoms with Crippen LogP contribution in [0.2, 0.25) is 0 Å². The van der Waals surface area contributed by atoms with Crippen molar-refractivity contribution in [3.05, 3.63) is 46.8 Å². The van der Waals surface area contributed by atoms with Gasteiger partial charge in [0.1, 0.15) is 9.96 Å². The molecule has 1 aromatic heterocycles. The second-order valence-corrected chi connectivity index (χ2v) is 10.5. The highest BCUT2D eigenvalue weighted by Gasteiger charge is 2.28. The van der Waals surface area contributed by atoms with E-state index in [0.717, 1.165) is 41.9 Å². The lowest BCUT2D eigenvalue weighted by Crippen LogP contribution is -2.35. The molecule has 1 atom stereocenters. The molecule has 0 aliphatic carbocycles. The fourth-order valence-corrected chi connectivity index (χ4v) is 6.75. The van der Waals surface area contributed by atoms with Crippen molar-refractivity contribution in [2.75, 3.05) is 19.7 Å². The number of amides is 1. The van der Waals surface area contributed by atoms with Gasteiger partial charge in [0, 0.05) is 30.0 Å². The summed E-state index contributed by atoms with van der Waals surface area (Å²) in [7, 11) is -3.44. The van der Waals surface area contributed by atoms with Crippen LogP contribution in [0.1, 0.15) is 42.2 Å². The summed E-state index contributed by atoms with van der Waals surface area (Å²) in [5, 5.41) is 3.06. The van der Waals surface area contributed by atoms with E-state index in [2.05, 4.69) is 5.32 Å². The van der Waals surface area contributed by atoms with E-state index < -0.39 is 10.0 Å². The Morgan fingerprint density at radius 1 is 1.14 bits per heavy atom. The van der Waals surface area contributed by atoms with Gasteiger partial charge in [0.05, 0.1) is 19.1 Å². The Morgan fingerprint density at radius 2 is 1.93 bits per heavy atom. The lowest BCUT2D eigenvalue weighted by molar-refractivity contribution is -0.121. The topological polar surface area (TPSA) is 75.7 Å². The number of hydrogen-bond donors (Lipinski definition) is 1. The number of nitrogens with one attached hydrogen (secondary N) is 1. The number of ether oxygens (including phenoxy) is 1. The molecule has 6 nitrogen and oxygen atoms in total. The van der Waals surface area contributed by atoms with Crippen molar-refractivity contribution >= 4 is 27.3 Å². The van der Waals surface area contributed by atoms with Gasteiger partial charge in [-0.25, -0.2) is 8.42 Å². The number of carbonyl (C=O) groups is 1. The molecule has 8 heteroatoms. The van der Waals surface area contributed by atoms with Crippen LogP contribution in [0.25, 0.3) is 0 Å². The average molecular weight is 421 g/mol. The predicted molar refractivity (Wildman–Crippen MR) is 108 cm³/mol. The first-order valence-corrected chi connectivity index (χ1v) is 11.9. The van der Waals surface area contributed by atoms with Crippen LogP contribution in [0.4, 0.5) is 0 Å². The highest BCUT2D eigenvalue weighted by molar-refractivity contribution is 7.91. The Hall–Kier alpha value is -1.90. The second-order valence-electron chi connectivity index (χ2n) is 7.16. The molecule has 3 heterocycles. The maximum Gasteiger partial charge on any atom is 0.252 e. The zero-order chi connectivity index (χ0) is 19.6. The summed E-state index contributed by atoms with van der Waals surface area (Å²) in [5.41, 5.74) is 0.988. The minimum Gasteiger partial charge on any atom is -0.493 e. The van der Waals surface area contributed by atoms with Crippen LogP contribution in [-0.2, 0) is 21.2 Å². The van der Waals surface area contributed by atoms with Gasteiger partial charge in [0.2, 0.25) is 5.91 Å². The summed E-state index contributed by atoms with van der Waals surface area (Å²) in [6.07, 6.45) is 3.80. The molecular weight excluding hydrogens is 396 g/mol. The maximum atomic E-state index is 12.8. The molecule has 1 N–H and O–H groups in total. The lowest BCUT2D eigenvalue weighted by Gasteiger charge is -2.26. The van der Waals surface area contributed by atoms with Gasteiger partial charge in [-0.2, -0.15) is 4.31 Å². The van der Waals surface area contributed by atoms with Crippen molar-refractivity contribution in [2.45, 2.75) is 42.4 Å². The standard InChI is InChI=1S/C20H24N2O4S2/c23-19(21-17-10-13-26-18-7-3-2-6-16(17)18)14-15-8-9-20(27-15)28(24,25)22-11-4-1-5-12-22/h2-3,6-9,17H,1,4-5,10-14H2,(H,21,23). The summed E-state index contributed by atoms with van der Waals surface area (Å²) >= 11 is 1.19. The zero-order valence-electron chi connectivity index (χ0n) is 15.6. The third kappa shape index (κ3) is 4.09. The quantitative estimate of drug-likeness (QED) is 0.806. The zero-order valence-corrected chi connectivity index (χ0v) is 17.2. The number of carbonyl (C=O) groups excluding carboxylic acids is 1. The second kappa shape index (κ2) is 8.23. The van der Waals surface area contributed by atoms with Crippen molar-refractivity contribution in [2.24, 2.45) is 0 Å². The number of fused-ring (bicyclic) bond motifs is 1. The van der Waals surface area contributed by atoms with E-state index in [1.807, 2.05) is 24.3 Å². The monoisotopic (exact) mass is 420 g/mol. The van der Waals surface area contributed by atoms with E-state index in [4.69, 9.17) is 4.74 Å². The Balaban J connectivity index is 1.41. The molecule has 0 radical (unpaired) electrons. The molecule has 0 saturated carbocycles. The van der Waals surface area contributed by atoms with Crippen LogP contribution in [0.15, 0.2) is 40.6 Å². The fourth-order valence-electron chi connectivity index (χ4n) is 3.72. The maximum absolute atomic E-state index is 12.8.